The molecule has 0 saturated carbocycles. The lowest BCUT2D eigenvalue weighted by Gasteiger charge is -2.37. The first-order valence-electron chi connectivity index (χ1n) is 12.9. The molecule has 7 heteroatoms. The number of fused-ring (bicyclic) bond motifs is 1. The third kappa shape index (κ3) is 7.47. The summed E-state index contributed by atoms with van der Waals surface area (Å²) in [7, 11) is 0. The van der Waals surface area contributed by atoms with Crippen LogP contribution in [-0.4, -0.2) is 54.5 Å². The van der Waals surface area contributed by atoms with Gasteiger partial charge >= 0.3 is 6.03 Å². The number of urea groups is 1. The normalized spacial score (nSPS) is 15.3. The zero-order chi connectivity index (χ0) is 25.4. The number of nitrogens with one attached hydrogen (secondary N) is 1. The van der Waals surface area contributed by atoms with E-state index in [-0.39, 0.29) is 24.5 Å². The molecule has 1 aromatic carbocycles. The van der Waals surface area contributed by atoms with Crippen LogP contribution in [0.1, 0.15) is 75.4 Å². The first-order valence-corrected chi connectivity index (χ1v) is 13.8. The van der Waals surface area contributed by atoms with E-state index in [1.54, 1.807) is 16.2 Å². The second-order valence-corrected chi connectivity index (χ2v) is 11.0. The molecule has 0 radical (unpaired) electrons. The average Bonchev–Trinajstić information content (AvgIpc) is 3.32. The van der Waals surface area contributed by atoms with E-state index >= 15 is 0 Å². The lowest BCUT2D eigenvalue weighted by atomic mass is 10.00. The van der Waals surface area contributed by atoms with Crippen LogP contribution in [-0.2, 0) is 11.2 Å². The molecule has 1 N–H and O–H groups in total. The van der Waals surface area contributed by atoms with Gasteiger partial charge in [-0.05, 0) is 65.8 Å². The largest absolute Gasteiger partial charge is 0.491 e. The average molecular weight is 500 g/mol. The number of thiophene rings is 1. The van der Waals surface area contributed by atoms with Crippen LogP contribution >= 0.6 is 11.3 Å². The molecule has 0 fully saturated rings. The number of hydrogen-bond acceptors (Lipinski definition) is 4. The Morgan fingerprint density at radius 3 is 2.57 bits per heavy atom. The minimum Gasteiger partial charge on any atom is -0.491 e. The molecule has 3 amide bonds. The minimum atomic E-state index is -0.160. The number of amides is 3. The smallest absolute Gasteiger partial charge is 0.317 e. The maximum atomic E-state index is 13.6. The monoisotopic (exact) mass is 499 g/mol. The van der Waals surface area contributed by atoms with E-state index in [4.69, 9.17) is 4.74 Å². The SMILES string of the molecule is CCCNC(=O)N(CCC(C)C)CC(=O)N1CCc2sccc2[C@@H]1COc1ccc(C(C)C)cc1. The number of carbonyl (C=O) groups excluding carboxylic acids is 2. The number of ether oxygens (including phenoxy) is 1. The van der Waals surface area contributed by atoms with E-state index in [9.17, 15) is 9.59 Å². The van der Waals surface area contributed by atoms with Crippen LogP contribution in [0.3, 0.4) is 0 Å². The molecular weight excluding hydrogens is 458 g/mol. The third-order valence-corrected chi connectivity index (χ3v) is 7.48. The van der Waals surface area contributed by atoms with Gasteiger partial charge in [0.15, 0.2) is 0 Å². The highest BCUT2D eigenvalue weighted by Crippen LogP contribution is 2.34. The topological polar surface area (TPSA) is 61.9 Å². The van der Waals surface area contributed by atoms with E-state index in [0.29, 0.717) is 38.1 Å². The van der Waals surface area contributed by atoms with Crippen molar-refractivity contribution in [3.8, 4) is 5.75 Å². The van der Waals surface area contributed by atoms with E-state index in [1.807, 2.05) is 24.0 Å². The third-order valence-electron chi connectivity index (χ3n) is 6.49. The molecule has 1 atom stereocenters. The fourth-order valence-corrected chi connectivity index (χ4v) is 5.19. The van der Waals surface area contributed by atoms with Gasteiger partial charge in [-0.1, -0.05) is 46.8 Å². The van der Waals surface area contributed by atoms with Gasteiger partial charge in [-0.2, -0.15) is 0 Å². The zero-order valence-electron chi connectivity index (χ0n) is 21.9. The lowest BCUT2D eigenvalue weighted by molar-refractivity contribution is -0.135. The Labute approximate surface area is 214 Å². The maximum Gasteiger partial charge on any atom is 0.317 e. The summed E-state index contributed by atoms with van der Waals surface area (Å²) in [5, 5.41) is 5.03. The van der Waals surface area contributed by atoms with Gasteiger partial charge < -0.3 is 19.9 Å². The lowest BCUT2D eigenvalue weighted by Crippen LogP contribution is -2.50. The number of hydrogen-bond donors (Lipinski definition) is 1. The van der Waals surface area contributed by atoms with Crippen molar-refractivity contribution in [3.63, 3.8) is 0 Å². The summed E-state index contributed by atoms with van der Waals surface area (Å²) in [6.07, 6.45) is 2.56. The number of nitrogens with zero attached hydrogens (tertiary/aromatic N) is 2. The van der Waals surface area contributed by atoms with Crippen molar-refractivity contribution in [2.75, 3.05) is 32.8 Å². The van der Waals surface area contributed by atoms with Gasteiger partial charge in [-0.15, -0.1) is 11.3 Å². The molecule has 35 heavy (non-hydrogen) atoms. The summed E-state index contributed by atoms with van der Waals surface area (Å²) in [5.74, 6) is 1.71. The van der Waals surface area contributed by atoms with Crippen LogP contribution in [0.15, 0.2) is 35.7 Å². The molecular formula is C28H41N3O3S. The fourth-order valence-electron chi connectivity index (χ4n) is 4.26. The minimum absolute atomic E-state index is 0.0268. The van der Waals surface area contributed by atoms with Crippen LogP contribution in [0, 0.1) is 5.92 Å². The summed E-state index contributed by atoms with van der Waals surface area (Å²) in [4.78, 5) is 31.2. The summed E-state index contributed by atoms with van der Waals surface area (Å²) in [6, 6.07) is 10.00. The highest BCUT2D eigenvalue weighted by molar-refractivity contribution is 7.10. The van der Waals surface area contributed by atoms with Gasteiger partial charge in [-0.3, -0.25) is 4.79 Å². The number of benzene rings is 1. The van der Waals surface area contributed by atoms with Gasteiger partial charge in [0.25, 0.3) is 0 Å². The van der Waals surface area contributed by atoms with E-state index in [1.165, 1.54) is 10.4 Å². The second kappa shape index (κ2) is 13.0. The van der Waals surface area contributed by atoms with Crippen LogP contribution in [0.25, 0.3) is 0 Å². The molecule has 2 aromatic rings. The first-order chi connectivity index (χ1) is 16.8. The van der Waals surface area contributed by atoms with Crippen LogP contribution in [0.2, 0.25) is 0 Å². The van der Waals surface area contributed by atoms with Crippen molar-refractivity contribution < 1.29 is 14.3 Å². The van der Waals surface area contributed by atoms with Crippen molar-refractivity contribution in [1.82, 2.24) is 15.1 Å². The quantitative estimate of drug-likeness (QED) is 0.422. The molecule has 0 bridgehead atoms. The summed E-state index contributed by atoms with van der Waals surface area (Å²) >= 11 is 1.74. The van der Waals surface area contributed by atoms with E-state index < -0.39 is 0 Å². The highest BCUT2D eigenvalue weighted by Gasteiger charge is 2.33. The Kier molecular flexibility index (Phi) is 10.0. The van der Waals surface area contributed by atoms with Crippen molar-refractivity contribution >= 4 is 23.3 Å². The summed E-state index contributed by atoms with van der Waals surface area (Å²) in [5.41, 5.74) is 2.44. The molecule has 2 heterocycles. The van der Waals surface area contributed by atoms with Gasteiger partial charge in [-0.25, -0.2) is 4.79 Å². The Morgan fingerprint density at radius 2 is 1.91 bits per heavy atom. The molecule has 0 spiro atoms. The number of carbonyl (C=O) groups is 2. The van der Waals surface area contributed by atoms with E-state index in [0.717, 1.165) is 30.6 Å². The predicted molar refractivity (Wildman–Crippen MR) is 143 cm³/mol. The van der Waals surface area contributed by atoms with Crippen molar-refractivity contribution in [1.29, 1.82) is 0 Å². The van der Waals surface area contributed by atoms with Crippen molar-refractivity contribution in [3.05, 3.63) is 51.7 Å². The fraction of sp³-hybridized carbons (Fsp3) is 0.571. The molecule has 192 valence electrons. The maximum absolute atomic E-state index is 13.6. The van der Waals surface area contributed by atoms with Crippen LogP contribution < -0.4 is 10.1 Å². The predicted octanol–water partition coefficient (Wildman–Crippen LogP) is 5.84. The summed E-state index contributed by atoms with van der Waals surface area (Å²) in [6.45, 7) is 12.9. The van der Waals surface area contributed by atoms with Gasteiger partial charge in [0, 0.05) is 24.5 Å². The molecule has 6 nitrogen and oxygen atoms in total. The Hall–Kier alpha value is -2.54. The van der Waals surface area contributed by atoms with Crippen LogP contribution in [0.5, 0.6) is 5.75 Å². The zero-order valence-corrected chi connectivity index (χ0v) is 22.7. The molecule has 0 saturated heterocycles. The van der Waals surface area contributed by atoms with Gasteiger partial charge in [0.1, 0.15) is 18.9 Å². The Morgan fingerprint density at radius 1 is 1.17 bits per heavy atom. The van der Waals surface area contributed by atoms with Gasteiger partial charge in [0.2, 0.25) is 5.91 Å². The Balaban J connectivity index is 1.73. The molecule has 3 rings (SSSR count). The molecule has 1 aliphatic heterocycles. The van der Waals surface area contributed by atoms with E-state index in [2.05, 4.69) is 56.6 Å². The molecule has 1 aliphatic rings. The van der Waals surface area contributed by atoms with Gasteiger partial charge in [0.05, 0.1) is 6.04 Å². The Bertz CT molecular complexity index is 955. The summed E-state index contributed by atoms with van der Waals surface area (Å²) < 4.78 is 6.19. The number of rotatable bonds is 11. The molecule has 0 unspecified atom stereocenters. The first kappa shape index (κ1) is 27.1. The second-order valence-electron chi connectivity index (χ2n) is 10.0. The van der Waals surface area contributed by atoms with Crippen LogP contribution in [0.4, 0.5) is 4.79 Å². The standard InChI is InChI=1S/C28H41N3O3S/c1-6-14-29-28(33)30(15-11-20(2)3)18-27(32)31-16-12-26-24(13-17-35-26)25(31)19-34-23-9-7-22(8-10-23)21(4)5/h7-10,13,17,20-21,25H,6,11-12,14-16,18-19H2,1-5H3,(H,29,33)/t25-/m0/s1. The van der Waals surface area contributed by atoms with Crippen molar-refractivity contribution in [2.24, 2.45) is 5.92 Å². The molecule has 1 aromatic heterocycles. The molecule has 0 aliphatic carbocycles. The van der Waals surface area contributed by atoms with Crippen molar-refractivity contribution in [2.45, 2.75) is 65.8 Å². The highest BCUT2D eigenvalue weighted by atomic mass is 32.1.